The number of benzene rings is 1. The largest absolute Gasteiger partial charge is 0.502 e. The van der Waals surface area contributed by atoms with Gasteiger partial charge in [-0.2, -0.15) is 0 Å². The molecule has 0 bridgehead atoms. The Hall–Kier alpha value is -1.66. The van der Waals surface area contributed by atoms with Gasteiger partial charge in [0, 0.05) is 11.6 Å². The monoisotopic (exact) mass is 254 g/mol. The Kier molecular flexibility index (Phi) is 3.93. The van der Waals surface area contributed by atoms with Crippen molar-refractivity contribution in [3.05, 3.63) is 33.4 Å². The first kappa shape index (κ1) is 14.4. The molecule has 0 aliphatic carbocycles. The molecule has 0 aliphatic rings. The average Bonchev–Trinajstić information content (AvgIpc) is 2.26. The molecule has 0 saturated heterocycles. The van der Waals surface area contributed by atoms with Crippen molar-refractivity contribution < 1.29 is 15.1 Å². The van der Waals surface area contributed by atoms with Crippen LogP contribution in [0.2, 0.25) is 0 Å². The van der Waals surface area contributed by atoms with E-state index in [9.17, 15) is 15.2 Å². The lowest BCUT2D eigenvalue weighted by atomic mass is 9.84. The SMILES string of the molecule is CC(C)(C)c1cc([C@@H](N)CO)c(O)c([N+](=O)[O-])c1. The number of nitrogens with zero attached hydrogens (tertiary/aromatic N) is 1. The van der Waals surface area contributed by atoms with Gasteiger partial charge in [0.25, 0.3) is 0 Å². The number of hydrogen-bond acceptors (Lipinski definition) is 5. The second kappa shape index (κ2) is 4.91. The fourth-order valence-electron chi connectivity index (χ4n) is 1.59. The molecule has 0 saturated carbocycles. The molecule has 0 fully saturated rings. The summed E-state index contributed by atoms with van der Waals surface area (Å²) in [5.74, 6) is -0.477. The van der Waals surface area contributed by atoms with E-state index in [1.165, 1.54) is 6.07 Å². The third kappa shape index (κ3) is 2.77. The molecule has 18 heavy (non-hydrogen) atoms. The second-order valence-corrected chi connectivity index (χ2v) is 5.23. The van der Waals surface area contributed by atoms with Gasteiger partial charge in [-0.05, 0) is 17.0 Å². The number of aliphatic hydroxyl groups is 1. The molecule has 6 heteroatoms. The molecule has 4 N–H and O–H groups in total. The molecule has 1 aromatic rings. The molecular formula is C12H18N2O4. The number of phenols is 1. The lowest BCUT2D eigenvalue weighted by Gasteiger charge is -2.21. The van der Waals surface area contributed by atoms with E-state index in [0.29, 0.717) is 5.56 Å². The van der Waals surface area contributed by atoms with E-state index in [4.69, 9.17) is 10.8 Å². The minimum absolute atomic E-state index is 0.191. The van der Waals surface area contributed by atoms with Crippen molar-refractivity contribution in [3.63, 3.8) is 0 Å². The molecule has 1 atom stereocenters. The van der Waals surface area contributed by atoms with Crippen LogP contribution in [0, 0.1) is 10.1 Å². The number of aromatic hydroxyl groups is 1. The Bertz CT molecular complexity index is 466. The highest BCUT2D eigenvalue weighted by molar-refractivity contribution is 5.55. The summed E-state index contributed by atoms with van der Waals surface area (Å²) in [7, 11) is 0. The summed E-state index contributed by atoms with van der Waals surface area (Å²) >= 11 is 0. The van der Waals surface area contributed by atoms with Crippen LogP contribution in [0.15, 0.2) is 12.1 Å². The van der Waals surface area contributed by atoms with Crippen LogP contribution in [0.5, 0.6) is 5.75 Å². The molecular weight excluding hydrogens is 236 g/mol. The highest BCUT2D eigenvalue weighted by Crippen LogP contribution is 2.37. The molecule has 0 aromatic heterocycles. The number of aliphatic hydroxyl groups excluding tert-OH is 1. The van der Waals surface area contributed by atoms with Crippen LogP contribution in [0.4, 0.5) is 5.69 Å². The Balaban J connectivity index is 3.52. The van der Waals surface area contributed by atoms with Crippen molar-refractivity contribution in [3.8, 4) is 5.75 Å². The lowest BCUT2D eigenvalue weighted by molar-refractivity contribution is -0.386. The van der Waals surface area contributed by atoms with Crippen LogP contribution in [-0.4, -0.2) is 21.7 Å². The van der Waals surface area contributed by atoms with Crippen LogP contribution >= 0.6 is 0 Å². The molecule has 0 radical (unpaired) electrons. The van der Waals surface area contributed by atoms with E-state index in [-0.39, 0.29) is 16.7 Å². The van der Waals surface area contributed by atoms with Crippen LogP contribution in [0.25, 0.3) is 0 Å². The quantitative estimate of drug-likeness (QED) is 0.560. The predicted molar refractivity (Wildman–Crippen MR) is 67.5 cm³/mol. The number of nitrogens with two attached hydrogens (primary N) is 1. The van der Waals surface area contributed by atoms with E-state index < -0.39 is 23.3 Å². The third-order valence-corrected chi connectivity index (χ3v) is 2.78. The Morgan fingerprint density at radius 2 is 2.00 bits per heavy atom. The minimum atomic E-state index is -0.842. The first-order chi connectivity index (χ1) is 8.18. The zero-order valence-corrected chi connectivity index (χ0v) is 10.7. The van der Waals surface area contributed by atoms with Crippen molar-refractivity contribution in [2.75, 3.05) is 6.61 Å². The standard InChI is InChI=1S/C12H18N2O4/c1-12(2,3)7-4-8(9(13)6-15)11(16)10(5-7)14(17)18/h4-5,9,15-16H,6,13H2,1-3H3/t9-/m0/s1. The van der Waals surface area contributed by atoms with Gasteiger partial charge < -0.3 is 15.9 Å². The molecule has 0 aliphatic heterocycles. The maximum Gasteiger partial charge on any atom is 0.311 e. The normalized spacial score (nSPS) is 13.4. The average molecular weight is 254 g/mol. The summed E-state index contributed by atoms with van der Waals surface area (Å²) in [6.45, 7) is 5.31. The van der Waals surface area contributed by atoms with E-state index in [1.54, 1.807) is 6.07 Å². The molecule has 0 unspecified atom stereocenters. The maximum absolute atomic E-state index is 10.9. The molecule has 1 rings (SSSR count). The first-order valence-corrected chi connectivity index (χ1v) is 5.56. The van der Waals surface area contributed by atoms with Gasteiger partial charge in [0.05, 0.1) is 17.6 Å². The van der Waals surface area contributed by atoms with Gasteiger partial charge in [-0.1, -0.05) is 20.8 Å². The summed E-state index contributed by atoms with van der Waals surface area (Å²) < 4.78 is 0. The summed E-state index contributed by atoms with van der Waals surface area (Å²) in [6, 6.07) is 2.09. The van der Waals surface area contributed by atoms with Gasteiger partial charge in [0.15, 0.2) is 5.75 Å². The molecule has 0 heterocycles. The Morgan fingerprint density at radius 3 is 2.39 bits per heavy atom. The zero-order valence-electron chi connectivity index (χ0n) is 10.7. The highest BCUT2D eigenvalue weighted by atomic mass is 16.6. The van der Waals surface area contributed by atoms with Crippen molar-refractivity contribution >= 4 is 5.69 Å². The van der Waals surface area contributed by atoms with Crippen LogP contribution in [0.3, 0.4) is 0 Å². The van der Waals surface area contributed by atoms with E-state index >= 15 is 0 Å². The van der Waals surface area contributed by atoms with Crippen molar-refractivity contribution in [1.29, 1.82) is 0 Å². The number of hydrogen-bond donors (Lipinski definition) is 3. The second-order valence-electron chi connectivity index (χ2n) is 5.23. The number of rotatable bonds is 3. The van der Waals surface area contributed by atoms with E-state index in [2.05, 4.69) is 0 Å². The van der Waals surface area contributed by atoms with E-state index in [0.717, 1.165) is 0 Å². The predicted octanol–water partition coefficient (Wildman–Crippen LogP) is 1.59. The first-order valence-electron chi connectivity index (χ1n) is 5.56. The summed E-state index contributed by atoms with van der Waals surface area (Å²) in [6.07, 6.45) is 0. The number of phenolic OH excluding ortho intramolecular Hbond substituents is 1. The molecule has 6 nitrogen and oxygen atoms in total. The van der Waals surface area contributed by atoms with Crippen molar-refractivity contribution in [2.24, 2.45) is 5.73 Å². The fourth-order valence-corrected chi connectivity index (χ4v) is 1.59. The van der Waals surface area contributed by atoms with Gasteiger partial charge in [-0.25, -0.2) is 0 Å². The molecule has 1 aromatic carbocycles. The van der Waals surface area contributed by atoms with Crippen LogP contribution in [-0.2, 0) is 5.41 Å². The van der Waals surface area contributed by atoms with Gasteiger partial charge in [-0.15, -0.1) is 0 Å². The Labute approximate surface area is 105 Å². The van der Waals surface area contributed by atoms with E-state index in [1.807, 2.05) is 20.8 Å². The van der Waals surface area contributed by atoms with Gasteiger partial charge in [-0.3, -0.25) is 10.1 Å². The number of nitro groups is 1. The van der Waals surface area contributed by atoms with Gasteiger partial charge >= 0.3 is 5.69 Å². The topological polar surface area (TPSA) is 110 Å². The third-order valence-electron chi connectivity index (χ3n) is 2.78. The minimum Gasteiger partial charge on any atom is -0.502 e. The maximum atomic E-state index is 10.9. The molecule has 0 spiro atoms. The highest BCUT2D eigenvalue weighted by Gasteiger charge is 2.26. The summed E-state index contributed by atoms with van der Waals surface area (Å²) in [5, 5.41) is 29.8. The molecule has 100 valence electrons. The van der Waals surface area contributed by atoms with Crippen molar-refractivity contribution in [2.45, 2.75) is 32.2 Å². The van der Waals surface area contributed by atoms with Gasteiger partial charge in [0.2, 0.25) is 0 Å². The Morgan fingerprint density at radius 1 is 1.44 bits per heavy atom. The lowest BCUT2D eigenvalue weighted by Crippen LogP contribution is -2.18. The summed E-state index contributed by atoms with van der Waals surface area (Å²) in [4.78, 5) is 10.3. The van der Waals surface area contributed by atoms with Crippen LogP contribution < -0.4 is 5.73 Å². The zero-order chi connectivity index (χ0) is 14.1. The number of nitro benzene ring substituents is 1. The summed E-state index contributed by atoms with van der Waals surface area (Å²) in [5.41, 5.74) is 5.82. The smallest absolute Gasteiger partial charge is 0.311 e. The van der Waals surface area contributed by atoms with Gasteiger partial charge in [0.1, 0.15) is 0 Å². The van der Waals surface area contributed by atoms with Crippen molar-refractivity contribution in [1.82, 2.24) is 0 Å². The molecule has 0 amide bonds. The fraction of sp³-hybridized carbons (Fsp3) is 0.500. The van der Waals surface area contributed by atoms with Crippen LogP contribution in [0.1, 0.15) is 37.9 Å².